The molecule has 2 N–H and O–H groups in total. The van der Waals surface area contributed by atoms with Crippen LogP contribution < -0.4 is 0 Å². The summed E-state index contributed by atoms with van der Waals surface area (Å²) in [4.78, 5) is 45.3. The second kappa shape index (κ2) is 10.3. The molecule has 0 aliphatic carbocycles. The lowest BCUT2D eigenvalue weighted by Gasteiger charge is -2.31. The van der Waals surface area contributed by atoms with Gasteiger partial charge in [0, 0.05) is 41.9 Å². The van der Waals surface area contributed by atoms with Gasteiger partial charge in [0.25, 0.3) is 11.7 Å². The molecular weight excluding hydrogens is 518 g/mol. The number of H-pyrrole nitrogens is 1. The number of hydrogen-bond acceptors (Lipinski definition) is 7. The fourth-order valence-electron chi connectivity index (χ4n) is 4.72. The summed E-state index contributed by atoms with van der Waals surface area (Å²) in [6.45, 7) is 7.02. The number of methoxy groups -OCH3 is 1. The van der Waals surface area contributed by atoms with Crippen LogP contribution in [0.4, 0.5) is 0 Å². The highest BCUT2D eigenvalue weighted by molar-refractivity contribution is 9.10. The van der Waals surface area contributed by atoms with Crippen LogP contribution in [0.2, 0.25) is 0 Å². The molecule has 2 aromatic rings. The molecule has 0 bridgehead atoms. The van der Waals surface area contributed by atoms with E-state index in [9.17, 15) is 19.5 Å². The topological polar surface area (TPSA) is 112 Å². The van der Waals surface area contributed by atoms with Crippen molar-refractivity contribution < 1.29 is 29.0 Å². The molecule has 1 aromatic heterocycles. The van der Waals surface area contributed by atoms with Gasteiger partial charge in [0.1, 0.15) is 11.5 Å². The molecule has 35 heavy (non-hydrogen) atoms. The van der Waals surface area contributed by atoms with E-state index >= 15 is 0 Å². The number of aliphatic hydroxyl groups is 1. The summed E-state index contributed by atoms with van der Waals surface area (Å²) in [5.74, 6) is -2.31. The number of amides is 1. The molecule has 1 aromatic carbocycles. The molecule has 1 atom stereocenters. The predicted molar refractivity (Wildman–Crippen MR) is 132 cm³/mol. The standard InChI is InChI=1S/C25H28BrN3O6/c1-14-18(15(2)27-20(14)25(33)34-3)22(30)19-21(16-4-6-17(26)7-5-16)29(24(32)23(19)31)9-8-28-10-12-35-13-11-28/h4-7,21,27,30H,8-13H2,1-3H3/b22-19+. The number of aryl methyl sites for hydroxylation is 1. The number of carbonyl (C=O) groups is 3. The number of ether oxygens (including phenoxy) is 2. The molecule has 4 rings (SSSR count). The van der Waals surface area contributed by atoms with E-state index < -0.39 is 23.7 Å². The van der Waals surface area contributed by atoms with Gasteiger partial charge in [0.2, 0.25) is 0 Å². The van der Waals surface area contributed by atoms with E-state index in [-0.39, 0.29) is 17.0 Å². The average molecular weight is 546 g/mol. The lowest BCUT2D eigenvalue weighted by molar-refractivity contribution is -0.140. The number of Topliss-reactive ketones (excluding diaryl/α,β-unsaturated/α-hetero) is 1. The summed E-state index contributed by atoms with van der Waals surface area (Å²) in [5.41, 5.74) is 2.15. The van der Waals surface area contributed by atoms with Crippen LogP contribution in [0.15, 0.2) is 34.3 Å². The second-order valence-corrected chi connectivity index (χ2v) is 9.53. The SMILES string of the molecule is COC(=O)c1[nH]c(C)c(/C(O)=C2\C(=O)C(=O)N(CCN3CCOCC3)C2c2ccc(Br)cc2)c1C. The van der Waals surface area contributed by atoms with Crippen LogP contribution >= 0.6 is 15.9 Å². The van der Waals surface area contributed by atoms with E-state index in [1.807, 2.05) is 24.3 Å². The summed E-state index contributed by atoms with van der Waals surface area (Å²) >= 11 is 3.42. The molecule has 2 aliphatic heterocycles. The van der Waals surface area contributed by atoms with Crippen LogP contribution in [-0.2, 0) is 19.1 Å². The van der Waals surface area contributed by atoms with Crippen LogP contribution in [0.1, 0.15) is 38.9 Å². The molecule has 2 fully saturated rings. The third-order valence-corrected chi connectivity index (χ3v) is 7.08. The maximum absolute atomic E-state index is 13.3. The van der Waals surface area contributed by atoms with Gasteiger partial charge in [0.05, 0.1) is 31.9 Å². The molecule has 0 radical (unpaired) electrons. The van der Waals surface area contributed by atoms with E-state index in [0.717, 1.165) is 17.6 Å². The number of ketones is 1. The molecule has 0 spiro atoms. The van der Waals surface area contributed by atoms with E-state index in [0.29, 0.717) is 48.7 Å². The van der Waals surface area contributed by atoms with Gasteiger partial charge in [-0.1, -0.05) is 28.1 Å². The van der Waals surface area contributed by atoms with Crippen LogP contribution in [-0.4, -0.2) is 84.1 Å². The third kappa shape index (κ3) is 4.78. The summed E-state index contributed by atoms with van der Waals surface area (Å²) < 4.78 is 11.1. The van der Waals surface area contributed by atoms with Gasteiger partial charge >= 0.3 is 5.97 Å². The number of morpholine rings is 1. The first-order chi connectivity index (χ1) is 16.7. The van der Waals surface area contributed by atoms with Crippen LogP contribution in [0.3, 0.4) is 0 Å². The highest BCUT2D eigenvalue weighted by atomic mass is 79.9. The van der Waals surface area contributed by atoms with Gasteiger partial charge in [-0.3, -0.25) is 14.5 Å². The van der Waals surface area contributed by atoms with Crippen molar-refractivity contribution in [3.63, 3.8) is 0 Å². The number of aromatic amines is 1. The quantitative estimate of drug-likeness (QED) is 0.248. The Bertz CT molecular complexity index is 1180. The van der Waals surface area contributed by atoms with E-state index in [4.69, 9.17) is 9.47 Å². The summed E-state index contributed by atoms with van der Waals surface area (Å²) in [6, 6.07) is 6.55. The molecule has 1 amide bonds. The van der Waals surface area contributed by atoms with Crippen molar-refractivity contribution in [1.29, 1.82) is 0 Å². The molecule has 9 nitrogen and oxygen atoms in total. The number of rotatable bonds is 6. The van der Waals surface area contributed by atoms with Crippen molar-refractivity contribution in [2.75, 3.05) is 46.5 Å². The molecule has 2 aliphatic rings. The molecule has 10 heteroatoms. The Morgan fingerprint density at radius 2 is 1.83 bits per heavy atom. The fraction of sp³-hybridized carbons (Fsp3) is 0.400. The van der Waals surface area contributed by atoms with Crippen LogP contribution in [0.5, 0.6) is 0 Å². The highest BCUT2D eigenvalue weighted by Crippen LogP contribution is 2.41. The maximum atomic E-state index is 13.3. The summed E-state index contributed by atoms with van der Waals surface area (Å²) in [5, 5.41) is 11.4. The van der Waals surface area contributed by atoms with Gasteiger partial charge in [0.15, 0.2) is 0 Å². The van der Waals surface area contributed by atoms with Crippen molar-refractivity contribution in [3.8, 4) is 0 Å². The minimum Gasteiger partial charge on any atom is -0.507 e. The Morgan fingerprint density at radius 1 is 1.17 bits per heavy atom. The van der Waals surface area contributed by atoms with E-state index in [1.165, 1.54) is 12.0 Å². The molecule has 186 valence electrons. The van der Waals surface area contributed by atoms with Gasteiger partial charge in [-0.15, -0.1) is 0 Å². The first-order valence-electron chi connectivity index (χ1n) is 11.4. The van der Waals surface area contributed by atoms with Crippen LogP contribution in [0, 0.1) is 13.8 Å². The number of benzene rings is 1. The molecular formula is C25H28BrN3O6. The number of halogens is 1. The number of nitrogens with zero attached hydrogens (tertiary/aromatic N) is 2. The van der Waals surface area contributed by atoms with Crippen molar-refractivity contribution in [2.45, 2.75) is 19.9 Å². The minimum atomic E-state index is -0.764. The molecule has 1 unspecified atom stereocenters. The maximum Gasteiger partial charge on any atom is 0.354 e. The number of aliphatic hydroxyl groups excluding tert-OH is 1. The lowest BCUT2D eigenvalue weighted by atomic mass is 9.94. The molecule has 0 saturated carbocycles. The van der Waals surface area contributed by atoms with Crippen LogP contribution in [0.25, 0.3) is 5.76 Å². The average Bonchev–Trinajstić information content (AvgIpc) is 3.30. The summed E-state index contributed by atoms with van der Waals surface area (Å²) in [6.07, 6.45) is 0. The first-order valence-corrected chi connectivity index (χ1v) is 12.2. The largest absolute Gasteiger partial charge is 0.507 e. The number of hydrogen-bond donors (Lipinski definition) is 2. The zero-order valence-corrected chi connectivity index (χ0v) is 21.5. The summed E-state index contributed by atoms with van der Waals surface area (Å²) in [7, 11) is 1.27. The molecule has 2 saturated heterocycles. The zero-order valence-electron chi connectivity index (χ0n) is 19.9. The number of carbonyl (C=O) groups excluding carboxylic acids is 3. The van der Waals surface area contributed by atoms with E-state index in [1.54, 1.807) is 13.8 Å². The first kappa shape index (κ1) is 25.2. The second-order valence-electron chi connectivity index (χ2n) is 8.61. The Labute approximate surface area is 211 Å². The highest BCUT2D eigenvalue weighted by Gasteiger charge is 2.46. The Kier molecular flexibility index (Phi) is 7.44. The third-order valence-electron chi connectivity index (χ3n) is 6.55. The number of likely N-dealkylation sites (tertiary alicyclic amines) is 1. The normalized spacial score (nSPS) is 20.5. The lowest BCUT2D eigenvalue weighted by Crippen LogP contribution is -2.42. The minimum absolute atomic E-state index is 0.000848. The number of nitrogens with one attached hydrogen (secondary N) is 1. The van der Waals surface area contributed by atoms with Crippen molar-refractivity contribution in [1.82, 2.24) is 14.8 Å². The van der Waals surface area contributed by atoms with Gasteiger partial charge in [-0.05, 0) is 37.1 Å². The number of aromatic nitrogens is 1. The smallest absolute Gasteiger partial charge is 0.354 e. The van der Waals surface area contributed by atoms with Crippen molar-refractivity contribution >= 4 is 39.3 Å². The fourth-order valence-corrected chi connectivity index (χ4v) is 4.99. The van der Waals surface area contributed by atoms with Gasteiger partial charge in [-0.2, -0.15) is 0 Å². The Morgan fingerprint density at radius 3 is 2.46 bits per heavy atom. The zero-order chi connectivity index (χ0) is 25.3. The number of esters is 1. The van der Waals surface area contributed by atoms with E-state index in [2.05, 4.69) is 25.8 Å². The van der Waals surface area contributed by atoms with Crippen molar-refractivity contribution in [3.05, 3.63) is 62.4 Å². The van der Waals surface area contributed by atoms with Gasteiger partial charge < -0.3 is 24.5 Å². The Balaban J connectivity index is 1.79. The monoisotopic (exact) mass is 545 g/mol. The van der Waals surface area contributed by atoms with Crippen molar-refractivity contribution in [2.24, 2.45) is 0 Å². The van der Waals surface area contributed by atoms with Gasteiger partial charge in [-0.25, -0.2) is 4.79 Å². The Hall–Kier alpha value is -2.95. The predicted octanol–water partition coefficient (Wildman–Crippen LogP) is 2.93. The molecule has 3 heterocycles.